The minimum absolute atomic E-state index is 0.0667. The molecule has 0 bridgehead atoms. The van der Waals surface area contributed by atoms with E-state index in [2.05, 4.69) is 28.8 Å². The number of amides is 2. The predicted molar refractivity (Wildman–Crippen MR) is 106 cm³/mol. The highest BCUT2D eigenvalue weighted by atomic mass is 16.2. The Kier molecular flexibility index (Phi) is 4.71. The van der Waals surface area contributed by atoms with Crippen LogP contribution in [0.2, 0.25) is 0 Å². The van der Waals surface area contributed by atoms with E-state index in [1.807, 2.05) is 42.5 Å². The molecule has 0 unspecified atom stereocenters. The second-order valence-corrected chi connectivity index (χ2v) is 6.67. The van der Waals surface area contributed by atoms with E-state index >= 15 is 0 Å². The molecule has 1 aliphatic heterocycles. The molecule has 0 aliphatic carbocycles. The van der Waals surface area contributed by atoms with E-state index in [4.69, 9.17) is 0 Å². The molecular weight excluding hydrogens is 336 g/mol. The van der Waals surface area contributed by atoms with Crippen molar-refractivity contribution in [1.29, 1.82) is 0 Å². The van der Waals surface area contributed by atoms with Crippen LogP contribution in [0.4, 0.5) is 5.69 Å². The molecule has 4 nitrogen and oxygen atoms in total. The van der Waals surface area contributed by atoms with Crippen LogP contribution in [-0.2, 0) is 17.8 Å². The Labute approximate surface area is 158 Å². The fourth-order valence-electron chi connectivity index (χ4n) is 3.29. The lowest BCUT2D eigenvalue weighted by molar-refractivity contribution is -0.116. The summed E-state index contributed by atoms with van der Waals surface area (Å²) in [5.41, 5.74) is 5.85. The van der Waals surface area contributed by atoms with Gasteiger partial charge in [0.2, 0.25) is 5.91 Å². The highest BCUT2D eigenvalue weighted by molar-refractivity contribution is 5.95. The van der Waals surface area contributed by atoms with Crippen LogP contribution in [-0.4, -0.2) is 11.8 Å². The van der Waals surface area contributed by atoms with Gasteiger partial charge in [-0.25, -0.2) is 0 Å². The van der Waals surface area contributed by atoms with Gasteiger partial charge in [0.15, 0.2) is 0 Å². The number of carbonyl (C=O) groups excluding carboxylic acids is 2. The van der Waals surface area contributed by atoms with E-state index in [0.29, 0.717) is 18.5 Å². The molecule has 27 heavy (non-hydrogen) atoms. The zero-order valence-electron chi connectivity index (χ0n) is 14.9. The largest absolute Gasteiger partial charge is 0.348 e. The quantitative estimate of drug-likeness (QED) is 0.737. The van der Waals surface area contributed by atoms with Gasteiger partial charge in [-0.2, -0.15) is 0 Å². The summed E-state index contributed by atoms with van der Waals surface area (Å²) in [6.07, 6.45) is 1.33. The first-order valence-electron chi connectivity index (χ1n) is 9.04. The minimum atomic E-state index is -0.0857. The van der Waals surface area contributed by atoms with Crippen LogP contribution in [0.5, 0.6) is 0 Å². The highest BCUT2D eigenvalue weighted by Gasteiger charge is 2.15. The van der Waals surface area contributed by atoms with Crippen LogP contribution in [0.1, 0.15) is 27.9 Å². The van der Waals surface area contributed by atoms with Crippen LogP contribution in [0, 0.1) is 0 Å². The van der Waals surface area contributed by atoms with E-state index in [-0.39, 0.29) is 11.8 Å². The summed E-state index contributed by atoms with van der Waals surface area (Å²) in [5, 5.41) is 5.90. The Morgan fingerprint density at radius 1 is 0.889 bits per heavy atom. The number of aryl methyl sites for hydroxylation is 1. The van der Waals surface area contributed by atoms with Gasteiger partial charge in [-0.15, -0.1) is 0 Å². The van der Waals surface area contributed by atoms with Crippen LogP contribution in [0.3, 0.4) is 0 Å². The molecule has 3 aromatic rings. The summed E-state index contributed by atoms with van der Waals surface area (Å²) in [6.45, 7) is 0.462. The molecule has 0 aromatic heterocycles. The molecule has 3 aromatic carbocycles. The Bertz CT molecular complexity index is 996. The number of carbonyl (C=O) groups is 2. The molecule has 4 rings (SSSR count). The van der Waals surface area contributed by atoms with Gasteiger partial charge in [0.25, 0.3) is 5.91 Å². The second-order valence-electron chi connectivity index (χ2n) is 6.67. The normalized spacial score (nSPS) is 12.8. The molecule has 134 valence electrons. The molecule has 0 radical (unpaired) electrons. The molecule has 0 fully saturated rings. The maximum absolute atomic E-state index is 12.2. The molecule has 0 atom stereocenters. The number of nitrogens with one attached hydrogen (secondary N) is 2. The average molecular weight is 356 g/mol. The van der Waals surface area contributed by atoms with Gasteiger partial charge in [0.1, 0.15) is 0 Å². The van der Waals surface area contributed by atoms with Gasteiger partial charge in [0, 0.05) is 24.2 Å². The lowest BCUT2D eigenvalue weighted by Gasteiger charge is -2.18. The number of hydrogen-bond acceptors (Lipinski definition) is 2. The number of fused-ring (bicyclic) bond motifs is 1. The standard InChI is InChI=1S/C23H20N2O2/c26-22-12-11-17-9-10-20(14-21(17)25-22)19-8-4-5-16(13-19)15-24-23(27)18-6-2-1-3-7-18/h1-10,13-14H,11-12,15H2,(H,24,27)(H,25,26). The first-order chi connectivity index (χ1) is 13.2. The van der Waals surface area contributed by atoms with Crippen molar-refractivity contribution < 1.29 is 9.59 Å². The van der Waals surface area contributed by atoms with E-state index < -0.39 is 0 Å². The third-order valence-corrected chi connectivity index (χ3v) is 4.75. The van der Waals surface area contributed by atoms with Crippen molar-refractivity contribution in [3.63, 3.8) is 0 Å². The second kappa shape index (κ2) is 7.46. The lowest BCUT2D eigenvalue weighted by Crippen LogP contribution is -2.22. The van der Waals surface area contributed by atoms with Crippen molar-refractivity contribution in [3.05, 3.63) is 89.5 Å². The number of hydrogen-bond donors (Lipinski definition) is 2. The molecule has 0 spiro atoms. The zero-order chi connectivity index (χ0) is 18.6. The maximum Gasteiger partial charge on any atom is 0.251 e. The Morgan fingerprint density at radius 3 is 2.56 bits per heavy atom. The van der Waals surface area contributed by atoms with Gasteiger partial charge >= 0.3 is 0 Å². The third kappa shape index (κ3) is 3.90. The summed E-state index contributed by atoms with van der Waals surface area (Å²) >= 11 is 0. The molecule has 1 aliphatic rings. The van der Waals surface area contributed by atoms with Gasteiger partial charge < -0.3 is 10.6 Å². The first-order valence-corrected chi connectivity index (χ1v) is 9.04. The van der Waals surface area contributed by atoms with Crippen molar-refractivity contribution in [1.82, 2.24) is 5.32 Å². The van der Waals surface area contributed by atoms with Crippen molar-refractivity contribution in [3.8, 4) is 11.1 Å². The van der Waals surface area contributed by atoms with Gasteiger partial charge in [-0.3, -0.25) is 9.59 Å². The van der Waals surface area contributed by atoms with Crippen molar-refractivity contribution in [2.45, 2.75) is 19.4 Å². The van der Waals surface area contributed by atoms with E-state index in [0.717, 1.165) is 28.8 Å². The predicted octanol–water partition coefficient (Wildman–Crippen LogP) is 4.17. The number of rotatable bonds is 4. The Morgan fingerprint density at radius 2 is 1.70 bits per heavy atom. The minimum Gasteiger partial charge on any atom is -0.348 e. The summed E-state index contributed by atoms with van der Waals surface area (Å²) in [5.74, 6) is -0.0190. The smallest absolute Gasteiger partial charge is 0.251 e. The van der Waals surface area contributed by atoms with E-state index in [1.165, 1.54) is 5.56 Å². The highest BCUT2D eigenvalue weighted by Crippen LogP contribution is 2.29. The van der Waals surface area contributed by atoms with Crippen LogP contribution in [0.25, 0.3) is 11.1 Å². The molecule has 2 amide bonds. The summed E-state index contributed by atoms with van der Waals surface area (Å²) in [7, 11) is 0. The Hall–Kier alpha value is -3.40. The fraction of sp³-hybridized carbons (Fsp3) is 0.130. The Balaban J connectivity index is 1.50. The summed E-state index contributed by atoms with van der Waals surface area (Å²) < 4.78 is 0. The number of benzene rings is 3. The third-order valence-electron chi connectivity index (χ3n) is 4.75. The molecule has 0 saturated carbocycles. The SMILES string of the molecule is O=C1CCc2ccc(-c3cccc(CNC(=O)c4ccccc4)c3)cc2N1. The monoisotopic (exact) mass is 356 g/mol. The van der Waals surface area contributed by atoms with Crippen molar-refractivity contribution in [2.24, 2.45) is 0 Å². The molecule has 1 heterocycles. The summed E-state index contributed by atoms with van der Waals surface area (Å²) in [6, 6.07) is 23.5. The first kappa shape index (κ1) is 17.0. The molecular formula is C23H20N2O2. The topological polar surface area (TPSA) is 58.2 Å². The molecule has 4 heteroatoms. The van der Waals surface area contributed by atoms with Crippen molar-refractivity contribution >= 4 is 17.5 Å². The lowest BCUT2D eigenvalue weighted by atomic mass is 9.97. The van der Waals surface area contributed by atoms with E-state index in [9.17, 15) is 9.59 Å². The van der Waals surface area contributed by atoms with Crippen LogP contribution >= 0.6 is 0 Å². The van der Waals surface area contributed by atoms with Gasteiger partial charge in [-0.05, 0) is 52.9 Å². The van der Waals surface area contributed by atoms with Gasteiger partial charge in [0.05, 0.1) is 0 Å². The molecule has 0 saturated heterocycles. The van der Waals surface area contributed by atoms with Crippen LogP contribution < -0.4 is 10.6 Å². The van der Waals surface area contributed by atoms with Crippen molar-refractivity contribution in [2.75, 3.05) is 5.32 Å². The van der Waals surface area contributed by atoms with Gasteiger partial charge in [-0.1, -0.05) is 48.5 Å². The zero-order valence-corrected chi connectivity index (χ0v) is 14.9. The number of anilines is 1. The fourth-order valence-corrected chi connectivity index (χ4v) is 3.29. The van der Waals surface area contributed by atoms with E-state index in [1.54, 1.807) is 12.1 Å². The van der Waals surface area contributed by atoms with Crippen LogP contribution in [0.15, 0.2) is 72.8 Å². The maximum atomic E-state index is 12.2. The average Bonchev–Trinajstić information content (AvgIpc) is 2.72. The molecule has 2 N–H and O–H groups in total. The summed E-state index contributed by atoms with van der Waals surface area (Å²) in [4.78, 5) is 23.9.